The second-order valence-electron chi connectivity index (χ2n) is 4.95. The second-order valence-corrected chi connectivity index (χ2v) is 4.95. The van der Waals surface area contributed by atoms with E-state index in [4.69, 9.17) is 4.74 Å². The van der Waals surface area contributed by atoms with Gasteiger partial charge >= 0.3 is 0 Å². The molecule has 21 heavy (non-hydrogen) atoms. The highest BCUT2D eigenvalue weighted by Gasteiger charge is 2.10. The van der Waals surface area contributed by atoms with Crippen molar-refractivity contribution >= 4 is 10.8 Å². The number of halogens is 1. The van der Waals surface area contributed by atoms with Gasteiger partial charge in [0, 0.05) is 5.39 Å². The summed E-state index contributed by atoms with van der Waals surface area (Å²) in [7, 11) is 0. The Balaban J connectivity index is 1.99. The Labute approximate surface area is 122 Å². The van der Waals surface area contributed by atoms with E-state index in [1.807, 2.05) is 42.5 Å². The molecule has 0 spiro atoms. The Morgan fingerprint density at radius 3 is 2.48 bits per heavy atom. The van der Waals surface area contributed by atoms with Crippen LogP contribution >= 0.6 is 0 Å². The highest BCUT2D eigenvalue weighted by atomic mass is 19.1. The third-order valence-corrected chi connectivity index (χ3v) is 3.41. The molecule has 0 aliphatic rings. The van der Waals surface area contributed by atoms with Crippen LogP contribution in [0.2, 0.25) is 0 Å². The third-order valence-electron chi connectivity index (χ3n) is 3.41. The molecule has 2 nitrogen and oxygen atoms in total. The molecule has 0 aromatic heterocycles. The number of hydrogen-bond acceptors (Lipinski definition) is 2. The molecule has 3 aromatic rings. The molecule has 0 amide bonds. The third kappa shape index (κ3) is 2.73. The van der Waals surface area contributed by atoms with Crippen molar-refractivity contribution in [2.75, 3.05) is 0 Å². The topological polar surface area (TPSA) is 29.5 Å². The van der Waals surface area contributed by atoms with Gasteiger partial charge in [0.1, 0.15) is 5.75 Å². The highest BCUT2D eigenvalue weighted by molar-refractivity contribution is 5.88. The summed E-state index contributed by atoms with van der Waals surface area (Å²) >= 11 is 0. The lowest BCUT2D eigenvalue weighted by atomic mass is 10.1. The first kappa shape index (κ1) is 13.6. The van der Waals surface area contributed by atoms with Crippen molar-refractivity contribution in [2.45, 2.75) is 13.0 Å². The summed E-state index contributed by atoms with van der Waals surface area (Å²) in [5.41, 5.74) is 0.526. The van der Waals surface area contributed by atoms with Crippen molar-refractivity contribution in [2.24, 2.45) is 0 Å². The van der Waals surface area contributed by atoms with Gasteiger partial charge in [-0.15, -0.1) is 0 Å². The van der Waals surface area contributed by atoms with Gasteiger partial charge in [0.15, 0.2) is 11.6 Å². The van der Waals surface area contributed by atoms with Gasteiger partial charge in [-0.25, -0.2) is 4.39 Å². The van der Waals surface area contributed by atoms with Crippen LogP contribution in [-0.2, 0) is 0 Å². The highest BCUT2D eigenvalue weighted by Crippen LogP contribution is 2.32. The zero-order valence-corrected chi connectivity index (χ0v) is 11.6. The van der Waals surface area contributed by atoms with Crippen molar-refractivity contribution in [3.8, 4) is 11.5 Å². The van der Waals surface area contributed by atoms with Gasteiger partial charge in [-0.2, -0.15) is 0 Å². The van der Waals surface area contributed by atoms with Crippen molar-refractivity contribution in [1.82, 2.24) is 0 Å². The summed E-state index contributed by atoms with van der Waals surface area (Å²) in [6.07, 6.45) is -0.703. The second kappa shape index (κ2) is 5.54. The van der Waals surface area contributed by atoms with E-state index >= 15 is 0 Å². The van der Waals surface area contributed by atoms with Gasteiger partial charge in [-0.3, -0.25) is 0 Å². The maximum atomic E-state index is 14.1. The zero-order chi connectivity index (χ0) is 14.8. The van der Waals surface area contributed by atoms with Crippen LogP contribution < -0.4 is 4.74 Å². The van der Waals surface area contributed by atoms with Gasteiger partial charge < -0.3 is 9.84 Å². The molecule has 0 fully saturated rings. The number of rotatable bonds is 3. The predicted molar refractivity (Wildman–Crippen MR) is 81.1 cm³/mol. The molecule has 0 aliphatic heterocycles. The Morgan fingerprint density at radius 1 is 0.952 bits per heavy atom. The average Bonchev–Trinajstić information content (AvgIpc) is 2.49. The molecule has 1 N–H and O–H groups in total. The van der Waals surface area contributed by atoms with Gasteiger partial charge in [-0.1, -0.05) is 42.5 Å². The molecule has 0 saturated heterocycles. The Morgan fingerprint density at radius 2 is 1.71 bits per heavy atom. The molecule has 0 radical (unpaired) electrons. The molecule has 0 heterocycles. The minimum absolute atomic E-state index is 0.149. The fourth-order valence-electron chi connectivity index (χ4n) is 2.26. The van der Waals surface area contributed by atoms with Crippen molar-refractivity contribution in [3.05, 3.63) is 72.0 Å². The summed E-state index contributed by atoms with van der Waals surface area (Å²) in [5, 5.41) is 11.4. The van der Waals surface area contributed by atoms with E-state index in [1.54, 1.807) is 19.1 Å². The smallest absolute Gasteiger partial charge is 0.166 e. The van der Waals surface area contributed by atoms with E-state index in [-0.39, 0.29) is 5.75 Å². The number of hydrogen-bond donors (Lipinski definition) is 1. The maximum Gasteiger partial charge on any atom is 0.166 e. The molecule has 0 saturated carbocycles. The molecule has 3 heteroatoms. The standard InChI is InChI=1S/C18H15FO2/c1-12(20)14-9-10-18(16(19)11-14)21-17-8-4-6-13-5-2-3-7-15(13)17/h2-12,20H,1H3. The number of benzene rings is 3. The van der Waals surface area contributed by atoms with Crippen LogP contribution in [0.5, 0.6) is 11.5 Å². The fourth-order valence-corrected chi connectivity index (χ4v) is 2.26. The minimum Gasteiger partial charge on any atom is -0.454 e. The maximum absolute atomic E-state index is 14.1. The average molecular weight is 282 g/mol. The first-order valence-corrected chi connectivity index (χ1v) is 6.78. The van der Waals surface area contributed by atoms with Gasteiger partial charge in [0.05, 0.1) is 6.10 Å². The molecule has 0 bridgehead atoms. The van der Waals surface area contributed by atoms with Crippen molar-refractivity contribution in [1.29, 1.82) is 0 Å². The Bertz CT molecular complexity index is 776. The lowest BCUT2D eigenvalue weighted by Crippen LogP contribution is -1.95. The zero-order valence-electron chi connectivity index (χ0n) is 11.6. The molecular formula is C18H15FO2. The normalized spacial score (nSPS) is 12.3. The Hall–Kier alpha value is -2.39. The van der Waals surface area contributed by atoms with Gasteiger partial charge in [-0.05, 0) is 36.1 Å². The van der Waals surface area contributed by atoms with Crippen LogP contribution in [0.3, 0.4) is 0 Å². The van der Waals surface area contributed by atoms with Crippen LogP contribution in [0.25, 0.3) is 10.8 Å². The van der Waals surface area contributed by atoms with E-state index in [2.05, 4.69) is 0 Å². The minimum atomic E-state index is -0.703. The number of ether oxygens (including phenoxy) is 1. The summed E-state index contributed by atoms with van der Waals surface area (Å²) < 4.78 is 19.8. The first-order chi connectivity index (χ1) is 10.1. The lowest BCUT2D eigenvalue weighted by Gasteiger charge is -2.11. The number of aliphatic hydroxyl groups excluding tert-OH is 1. The molecular weight excluding hydrogens is 267 g/mol. The van der Waals surface area contributed by atoms with Crippen LogP contribution in [0.1, 0.15) is 18.6 Å². The SMILES string of the molecule is CC(O)c1ccc(Oc2cccc3ccccc23)c(F)c1. The number of fused-ring (bicyclic) bond motifs is 1. The molecule has 106 valence electrons. The monoisotopic (exact) mass is 282 g/mol. The molecule has 3 rings (SSSR count). The molecule has 3 aromatic carbocycles. The van der Waals surface area contributed by atoms with E-state index in [0.717, 1.165) is 10.8 Å². The summed E-state index contributed by atoms with van der Waals surface area (Å²) in [4.78, 5) is 0. The van der Waals surface area contributed by atoms with E-state index in [9.17, 15) is 9.50 Å². The summed E-state index contributed by atoms with van der Waals surface area (Å²) in [5.74, 6) is 0.272. The molecule has 0 aliphatic carbocycles. The van der Waals surface area contributed by atoms with E-state index in [1.165, 1.54) is 6.07 Å². The van der Waals surface area contributed by atoms with Crippen LogP contribution in [0.4, 0.5) is 4.39 Å². The summed E-state index contributed by atoms with van der Waals surface area (Å²) in [6.45, 7) is 1.60. The van der Waals surface area contributed by atoms with Crippen LogP contribution in [0.15, 0.2) is 60.7 Å². The quantitative estimate of drug-likeness (QED) is 0.746. The van der Waals surface area contributed by atoms with Crippen molar-refractivity contribution in [3.63, 3.8) is 0 Å². The van der Waals surface area contributed by atoms with Gasteiger partial charge in [0.2, 0.25) is 0 Å². The van der Waals surface area contributed by atoms with E-state index < -0.39 is 11.9 Å². The molecule has 1 unspecified atom stereocenters. The molecule has 1 atom stereocenters. The van der Waals surface area contributed by atoms with Crippen LogP contribution in [0, 0.1) is 5.82 Å². The lowest BCUT2D eigenvalue weighted by molar-refractivity contribution is 0.198. The Kier molecular flexibility index (Phi) is 3.59. The first-order valence-electron chi connectivity index (χ1n) is 6.78. The fraction of sp³-hybridized carbons (Fsp3) is 0.111. The van der Waals surface area contributed by atoms with Gasteiger partial charge in [0.25, 0.3) is 0 Å². The largest absolute Gasteiger partial charge is 0.454 e. The van der Waals surface area contributed by atoms with Crippen molar-refractivity contribution < 1.29 is 14.2 Å². The summed E-state index contributed by atoms with van der Waals surface area (Å²) in [6, 6.07) is 18.0. The predicted octanol–water partition coefficient (Wildman–Crippen LogP) is 4.82. The number of aliphatic hydroxyl groups is 1. The van der Waals surface area contributed by atoms with E-state index in [0.29, 0.717) is 11.3 Å². The van der Waals surface area contributed by atoms with Crippen LogP contribution in [-0.4, -0.2) is 5.11 Å².